The van der Waals surface area contributed by atoms with E-state index < -0.39 is 12.1 Å². The fourth-order valence-electron chi connectivity index (χ4n) is 1.54. The quantitative estimate of drug-likeness (QED) is 0.836. The number of imide groups is 1. The van der Waals surface area contributed by atoms with E-state index in [9.17, 15) is 9.59 Å². The standard InChI is InChI=1S/C13H12N2O3/c1-15(12(14)16)13(17)18-11-8-4-6-9-5-2-3-7-10(9)11/h2-8H,1H3,(H2,14,16). The third-order valence-electron chi connectivity index (χ3n) is 2.55. The summed E-state index contributed by atoms with van der Waals surface area (Å²) in [5, 5.41) is 1.75. The zero-order valence-corrected chi connectivity index (χ0v) is 9.79. The van der Waals surface area contributed by atoms with E-state index in [-0.39, 0.29) is 0 Å². The molecule has 0 radical (unpaired) electrons. The second-order valence-electron chi connectivity index (χ2n) is 3.74. The lowest BCUT2D eigenvalue weighted by Crippen LogP contribution is -2.39. The van der Waals surface area contributed by atoms with Crippen LogP contribution in [0.5, 0.6) is 5.75 Å². The van der Waals surface area contributed by atoms with Crippen molar-refractivity contribution >= 4 is 22.9 Å². The average Bonchev–Trinajstić information content (AvgIpc) is 2.38. The molecular weight excluding hydrogens is 232 g/mol. The highest BCUT2D eigenvalue weighted by molar-refractivity contribution is 5.94. The summed E-state index contributed by atoms with van der Waals surface area (Å²) in [6, 6.07) is 12.0. The highest BCUT2D eigenvalue weighted by Gasteiger charge is 2.16. The van der Waals surface area contributed by atoms with Crippen molar-refractivity contribution in [2.75, 3.05) is 7.05 Å². The predicted molar refractivity (Wildman–Crippen MR) is 67.3 cm³/mol. The summed E-state index contributed by atoms with van der Waals surface area (Å²) in [6.07, 6.45) is -0.807. The third kappa shape index (κ3) is 2.24. The van der Waals surface area contributed by atoms with Gasteiger partial charge in [-0.05, 0) is 11.5 Å². The highest BCUT2D eigenvalue weighted by atomic mass is 16.6. The van der Waals surface area contributed by atoms with Crippen LogP contribution in [0.2, 0.25) is 0 Å². The zero-order chi connectivity index (χ0) is 13.1. The number of urea groups is 1. The zero-order valence-electron chi connectivity index (χ0n) is 9.79. The Hall–Kier alpha value is -2.56. The number of benzene rings is 2. The molecule has 18 heavy (non-hydrogen) atoms. The Labute approximate surface area is 104 Å². The first-order valence-electron chi connectivity index (χ1n) is 5.32. The van der Waals surface area contributed by atoms with Crippen LogP contribution in [0.15, 0.2) is 42.5 Å². The molecule has 0 aliphatic heterocycles. The monoisotopic (exact) mass is 244 g/mol. The Kier molecular flexibility index (Phi) is 3.14. The van der Waals surface area contributed by atoms with Crippen LogP contribution >= 0.6 is 0 Å². The summed E-state index contributed by atoms with van der Waals surface area (Å²) in [6.45, 7) is 0. The van der Waals surface area contributed by atoms with Gasteiger partial charge in [0.05, 0.1) is 0 Å². The first-order valence-corrected chi connectivity index (χ1v) is 5.32. The molecule has 0 aliphatic carbocycles. The molecule has 0 saturated carbocycles. The van der Waals surface area contributed by atoms with Crippen LogP contribution in [0.3, 0.4) is 0 Å². The molecule has 2 aromatic rings. The first kappa shape index (κ1) is 11.9. The summed E-state index contributed by atoms with van der Waals surface area (Å²) in [7, 11) is 1.26. The van der Waals surface area contributed by atoms with Gasteiger partial charge in [0.2, 0.25) is 0 Å². The van der Waals surface area contributed by atoms with E-state index in [2.05, 4.69) is 0 Å². The van der Waals surface area contributed by atoms with Gasteiger partial charge >= 0.3 is 12.1 Å². The van der Waals surface area contributed by atoms with E-state index in [1.165, 1.54) is 7.05 Å². The topological polar surface area (TPSA) is 72.6 Å². The van der Waals surface area contributed by atoms with Crippen LogP contribution < -0.4 is 10.5 Å². The molecule has 0 spiro atoms. The van der Waals surface area contributed by atoms with Crippen molar-refractivity contribution in [3.63, 3.8) is 0 Å². The molecule has 0 heterocycles. The van der Waals surface area contributed by atoms with Crippen LogP contribution in [0.4, 0.5) is 9.59 Å². The molecule has 0 bridgehead atoms. The molecule has 0 saturated heterocycles. The van der Waals surface area contributed by atoms with Gasteiger partial charge in [0, 0.05) is 12.4 Å². The second-order valence-corrected chi connectivity index (χ2v) is 3.74. The molecule has 5 nitrogen and oxygen atoms in total. The van der Waals surface area contributed by atoms with Crippen molar-refractivity contribution < 1.29 is 14.3 Å². The van der Waals surface area contributed by atoms with Crippen molar-refractivity contribution in [3.8, 4) is 5.75 Å². The second kappa shape index (κ2) is 4.75. The van der Waals surface area contributed by atoms with E-state index in [0.717, 1.165) is 10.8 Å². The Morgan fingerprint density at radius 1 is 1.11 bits per heavy atom. The molecule has 3 amide bonds. The number of nitrogens with two attached hydrogens (primary N) is 1. The van der Waals surface area contributed by atoms with Gasteiger partial charge in [0.25, 0.3) is 0 Å². The van der Waals surface area contributed by atoms with Crippen molar-refractivity contribution in [1.29, 1.82) is 0 Å². The van der Waals surface area contributed by atoms with Gasteiger partial charge in [-0.2, -0.15) is 0 Å². The summed E-state index contributed by atoms with van der Waals surface area (Å²) in [5.74, 6) is 0.395. The number of fused-ring (bicyclic) bond motifs is 1. The third-order valence-corrected chi connectivity index (χ3v) is 2.55. The number of primary amides is 1. The fourth-order valence-corrected chi connectivity index (χ4v) is 1.54. The first-order chi connectivity index (χ1) is 8.59. The predicted octanol–water partition coefficient (Wildman–Crippen LogP) is 2.35. The SMILES string of the molecule is CN(C(N)=O)C(=O)Oc1cccc2ccccc12. The Balaban J connectivity index is 2.32. The number of amides is 3. The lowest BCUT2D eigenvalue weighted by molar-refractivity contribution is 0.166. The van der Waals surface area contributed by atoms with E-state index >= 15 is 0 Å². The van der Waals surface area contributed by atoms with Gasteiger partial charge in [0.15, 0.2) is 0 Å². The number of nitrogens with zero attached hydrogens (tertiary/aromatic N) is 1. The number of carbonyl (C=O) groups is 2. The number of rotatable bonds is 1. The molecule has 0 aromatic heterocycles. The smallest absolute Gasteiger partial charge is 0.409 e. The maximum absolute atomic E-state index is 11.6. The Morgan fingerprint density at radius 3 is 2.50 bits per heavy atom. The maximum atomic E-state index is 11.6. The Bertz CT molecular complexity index is 605. The molecule has 0 aliphatic rings. The van der Waals surface area contributed by atoms with Gasteiger partial charge in [-0.3, -0.25) is 0 Å². The average molecular weight is 244 g/mol. The molecule has 0 unspecified atom stereocenters. The largest absolute Gasteiger partial charge is 0.423 e. The van der Waals surface area contributed by atoms with Gasteiger partial charge < -0.3 is 10.5 Å². The summed E-state index contributed by atoms with van der Waals surface area (Å²) in [5.41, 5.74) is 4.99. The Morgan fingerprint density at radius 2 is 1.78 bits per heavy atom. The van der Waals surface area contributed by atoms with Crippen molar-refractivity contribution in [2.45, 2.75) is 0 Å². The van der Waals surface area contributed by atoms with Crippen LogP contribution in [0.1, 0.15) is 0 Å². The molecule has 2 N–H and O–H groups in total. The van der Waals surface area contributed by atoms with E-state index in [1.807, 2.05) is 30.3 Å². The summed E-state index contributed by atoms with van der Waals surface area (Å²) >= 11 is 0. The fraction of sp³-hybridized carbons (Fsp3) is 0.0769. The highest BCUT2D eigenvalue weighted by Crippen LogP contribution is 2.25. The van der Waals surface area contributed by atoms with Crippen LogP contribution in [0, 0.1) is 0 Å². The minimum absolute atomic E-state index is 0.395. The van der Waals surface area contributed by atoms with Crippen molar-refractivity contribution in [3.05, 3.63) is 42.5 Å². The molecule has 2 aromatic carbocycles. The minimum atomic E-state index is -0.861. The molecule has 2 rings (SSSR count). The number of ether oxygens (including phenoxy) is 1. The molecule has 0 fully saturated rings. The summed E-state index contributed by atoms with van der Waals surface area (Å²) < 4.78 is 5.14. The molecule has 0 atom stereocenters. The number of hydrogen-bond acceptors (Lipinski definition) is 3. The van der Waals surface area contributed by atoms with E-state index in [4.69, 9.17) is 10.5 Å². The molecule has 92 valence electrons. The normalized spacial score (nSPS) is 10.1. The van der Waals surface area contributed by atoms with Crippen molar-refractivity contribution in [1.82, 2.24) is 4.90 Å². The van der Waals surface area contributed by atoms with Crippen LogP contribution in [-0.4, -0.2) is 24.1 Å². The van der Waals surface area contributed by atoms with Crippen molar-refractivity contribution in [2.24, 2.45) is 5.73 Å². The van der Waals surface area contributed by atoms with Gasteiger partial charge in [0.1, 0.15) is 5.75 Å². The van der Waals surface area contributed by atoms with Gasteiger partial charge in [-0.15, -0.1) is 0 Å². The van der Waals surface area contributed by atoms with Gasteiger partial charge in [-0.25, -0.2) is 14.5 Å². The van der Waals surface area contributed by atoms with Crippen LogP contribution in [-0.2, 0) is 0 Å². The van der Waals surface area contributed by atoms with Crippen LogP contribution in [0.25, 0.3) is 10.8 Å². The minimum Gasteiger partial charge on any atom is -0.409 e. The van der Waals surface area contributed by atoms with E-state index in [1.54, 1.807) is 12.1 Å². The number of carbonyl (C=O) groups excluding carboxylic acids is 2. The molecule has 5 heteroatoms. The molecular formula is C13H12N2O3. The number of hydrogen-bond donors (Lipinski definition) is 1. The lowest BCUT2D eigenvalue weighted by Gasteiger charge is -2.13. The maximum Gasteiger partial charge on any atom is 0.423 e. The van der Waals surface area contributed by atoms with Gasteiger partial charge in [-0.1, -0.05) is 36.4 Å². The van der Waals surface area contributed by atoms with E-state index in [0.29, 0.717) is 10.6 Å². The summed E-state index contributed by atoms with van der Waals surface area (Å²) in [4.78, 5) is 23.2. The lowest BCUT2D eigenvalue weighted by atomic mass is 10.1.